The van der Waals surface area contributed by atoms with Crippen molar-refractivity contribution in [2.24, 2.45) is 0 Å². The first-order valence-electron chi connectivity index (χ1n) is 6.62. The van der Waals surface area contributed by atoms with E-state index in [1.165, 1.54) is 16.7 Å². The Balaban J connectivity index is 1.99. The molecule has 3 nitrogen and oxygen atoms in total. The zero-order valence-electron chi connectivity index (χ0n) is 11.8. The van der Waals surface area contributed by atoms with Crippen LogP contribution in [0.4, 0.5) is 0 Å². The van der Waals surface area contributed by atoms with Crippen LogP contribution in [0.5, 0.6) is 0 Å². The van der Waals surface area contributed by atoms with E-state index in [1.807, 2.05) is 31.2 Å². The van der Waals surface area contributed by atoms with Gasteiger partial charge in [-0.2, -0.15) is 4.98 Å². The van der Waals surface area contributed by atoms with Crippen LogP contribution in [0.25, 0.3) is 22.8 Å². The second-order valence-electron chi connectivity index (χ2n) is 5.09. The van der Waals surface area contributed by atoms with Gasteiger partial charge in [-0.3, -0.25) is 0 Å². The van der Waals surface area contributed by atoms with Crippen molar-refractivity contribution in [1.82, 2.24) is 10.1 Å². The molecule has 0 saturated carbocycles. The van der Waals surface area contributed by atoms with E-state index in [1.54, 1.807) is 0 Å². The van der Waals surface area contributed by atoms with Crippen LogP contribution in [0.2, 0.25) is 0 Å². The van der Waals surface area contributed by atoms with Gasteiger partial charge in [0.05, 0.1) is 0 Å². The van der Waals surface area contributed by atoms with Crippen LogP contribution in [0.15, 0.2) is 47.0 Å². The molecule has 3 rings (SSSR count). The first-order chi connectivity index (χ1) is 9.63. The van der Waals surface area contributed by atoms with Crippen LogP contribution in [0.1, 0.15) is 16.7 Å². The van der Waals surface area contributed by atoms with E-state index in [0.29, 0.717) is 11.7 Å². The Morgan fingerprint density at radius 1 is 0.850 bits per heavy atom. The van der Waals surface area contributed by atoms with E-state index in [4.69, 9.17) is 4.52 Å². The highest BCUT2D eigenvalue weighted by atomic mass is 16.5. The predicted molar refractivity (Wildman–Crippen MR) is 79.4 cm³/mol. The highest BCUT2D eigenvalue weighted by Crippen LogP contribution is 2.24. The number of benzene rings is 2. The minimum atomic E-state index is 0.560. The first kappa shape index (κ1) is 12.6. The summed E-state index contributed by atoms with van der Waals surface area (Å²) in [7, 11) is 0. The molecule has 0 atom stereocenters. The van der Waals surface area contributed by atoms with Crippen molar-refractivity contribution in [2.75, 3.05) is 0 Å². The Hall–Kier alpha value is -2.42. The first-order valence-corrected chi connectivity index (χ1v) is 6.62. The Labute approximate surface area is 118 Å². The van der Waals surface area contributed by atoms with E-state index in [2.05, 4.69) is 42.2 Å². The fourth-order valence-corrected chi connectivity index (χ4v) is 2.12. The maximum absolute atomic E-state index is 5.38. The van der Waals surface area contributed by atoms with E-state index in [9.17, 15) is 0 Å². The van der Waals surface area contributed by atoms with E-state index in [0.717, 1.165) is 11.1 Å². The van der Waals surface area contributed by atoms with Crippen LogP contribution >= 0.6 is 0 Å². The third kappa shape index (κ3) is 2.35. The fraction of sp³-hybridized carbons (Fsp3) is 0.176. The van der Waals surface area contributed by atoms with Crippen molar-refractivity contribution >= 4 is 0 Å². The lowest BCUT2D eigenvalue weighted by atomic mass is 10.1. The van der Waals surface area contributed by atoms with Crippen molar-refractivity contribution in [3.63, 3.8) is 0 Å². The van der Waals surface area contributed by atoms with Crippen LogP contribution < -0.4 is 0 Å². The Morgan fingerprint density at radius 2 is 1.70 bits per heavy atom. The summed E-state index contributed by atoms with van der Waals surface area (Å²) >= 11 is 0. The van der Waals surface area contributed by atoms with Crippen LogP contribution in [0, 0.1) is 20.8 Å². The van der Waals surface area contributed by atoms with Gasteiger partial charge in [0.1, 0.15) is 0 Å². The molecule has 0 saturated heterocycles. The minimum Gasteiger partial charge on any atom is -0.334 e. The quantitative estimate of drug-likeness (QED) is 0.691. The second-order valence-corrected chi connectivity index (χ2v) is 5.09. The molecule has 0 radical (unpaired) electrons. The molecular weight excluding hydrogens is 248 g/mol. The lowest BCUT2D eigenvalue weighted by Gasteiger charge is -2.00. The summed E-state index contributed by atoms with van der Waals surface area (Å²) in [6.45, 7) is 6.22. The Bertz CT molecular complexity index is 759. The van der Waals surface area contributed by atoms with Crippen molar-refractivity contribution in [3.8, 4) is 22.8 Å². The maximum atomic E-state index is 5.38. The van der Waals surface area contributed by atoms with Gasteiger partial charge in [0.2, 0.25) is 5.82 Å². The summed E-state index contributed by atoms with van der Waals surface area (Å²) in [6.07, 6.45) is 0. The molecule has 20 heavy (non-hydrogen) atoms. The standard InChI is InChI=1S/C17H16N2O/c1-11-5-4-6-14(9-11)16-18-17(20-19-16)15-8-7-12(2)13(3)10-15/h4-10H,1-3H3. The molecular formula is C17H16N2O. The van der Waals surface area contributed by atoms with E-state index < -0.39 is 0 Å². The molecule has 1 aromatic heterocycles. The van der Waals surface area contributed by atoms with E-state index in [-0.39, 0.29) is 0 Å². The summed E-state index contributed by atoms with van der Waals surface area (Å²) < 4.78 is 5.38. The molecule has 100 valence electrons. The monoisotopic (exact) mass is 264 g/mol. The van der Waals surface area contributed by atoms with Gasteiger partial charge < -0.3 is 4.52 Å². The number of rotatable bonds is 2. The molecule has 0 fully saturated rings. The number of hydrogen-bond acceptors (Lipinski definition) is 3. The molecule has 0 amide bonds. The van der Waals surface area contributed by atoms with Crippen molar-refractivity contribution in [3.05, 3.63) is 59.2 Å². The molecule has 0 N–H and O–H groups in total. The fourth-order valence-electron chi connectivity index (χ4n) is 2.12. The van der Waals surface area contributed by atoms with Gasteiger partial charge in [-0.25, -0.2) is 0 Å². The second kappa shape index (κ2) is 4.93. The molecule has 0 aliphatic rings. The predicted octanol–water partition coefficient (Wildman–Crippen LogP) is 4.33. The Morgan fingerprint density at radius 3 is 2.45 bits per heavy atom. The molecule has 3 aromatic rings. The summed E-state index contributed by atoms with van der Waals surface area (Å²) in [5.74, 6) is 1.19. The van der Waals surface area contributed by atoms with Gasteiger partial charge in [0.25, 0.3) is 5.89 Å². The number of nitrogens with zero attached hydrogens (tertiary/aromatic N) is 2. The SMILES string of the molecule is Cc1cccc(-c2noc(-c3ccc(C)c(C)c3)n2)c1. The van der Waals surface area contributed by atoms with Crippen LogP contribution in [0.3, 0.4) is 0 Å². The molecule has 0 spiro atoms. The third-order valence-electron chi connectivity index (χ3n) is 3.46. The van der Waals surface area contributed by atoms with Crippen LogP contribution in [-0.4, -0.2) is 10.1 Å². The minimum absolute atomic E-state index is 0.560. The van der Waals surface area contributed by atoms with Crippen molar-refractivity contribution in [2.45, 2.75) is 20.8 Å². The summed E-state index contributed by atoms with van der Waals surface area (Å²) in [5, 5.41) is 4.07. The van der Waals surface area contributed by atoms with Crippen LogP contribution in [-0.2, 0) is 0 Å². The van der Waals surface area contributed by atoms with Gasteiger partial charge in [-0.1, -0.05) is 35.0 Å². The molecule has 0 aliphatic carbocycles. The maximum Gasteiger partial charge on any atom is 0.258 e. The lowest BCUT2D eigenvalue weighted by Crippen LogP contribution is -1.84. The van der Waals surface area contributed by atoms with Crippen molar-refractivity contribution in [1.29, 1.82) is 0 Å². The molecule has 0 unspecified atom stereocenters. The molecule has 3 heteroatoms. The Kier molecular flexibility index (Phi) is 3.11. The average Bonchev–Trinajstić information content (AvgIpc) is 2.92. The zero-order valence-corrected chi connectivity index (χ0v) is 11.8. The normalized spacial score (nSPS) is 10.8. The lowest BCUT2D eigenvalue weighted by molar-refractivity contribution is 0.432. The largest absolute Gasteiger partial charge is 0.334 e. The average molecular weight is 264 g/mol. The van der Waals surface area contributed by atoms with Crippen molar-refractivity contribution < 1.29 is 4.52 Å². The van der Waals surface area contributed by atoms with E-state index >= 15 is 0 Å². The van der Waals surface area contributed by atoms with Gasteiger partial charge in [-0.05, 0) is 50.1 Å². The summed E-state index contributed by atoms with van der Waals surface area (Å²) in [5.41, 5.74) is 5.59. The number of hydrogen-bond donors (Lipinski definition) is 0. The van der Waals surface area contributed by atoms with Gasteiger partial charge in [0, 0.05) is 11.1 Å². The summed E-state index contributed by atoms with van der Waals surface area (Å²) in [4.78, 5) is 4.48. The third-order valence-corrected chi connectivity index (χ3v) is 3.46. The zero-order chi connectivity index (χ0) is 14.1. The van der Waals surface area contributed by atoms with Gasteiger partial charge >= 0.3 is 0 Å². The summed E-state index contributed by atoms with van der Waals surface area (Å²) in [6, 6.07) is 14.2. The van der Waals surface area contributed by atoms with Gasteiger partial charge in [0.15, 0.2) is 0 Å². The molecule has 0 aliphatic heterocycles. The molecule has 1 heterocycles. The molecule has 0 bridgehead atoms. The highest BCUT2D eigenvalue weighted by molar-refractivity contribution is 5.61. The highest BCUT2D eigenvalue weighted by Gasteiger charge is 2.11. The topological polar surface area (TPSA) is 38.9 Å². The smallest absolute Gasteiger partial charge is 0.258 e. The number of aryl methyl sites for hydroxylation is 3. The number of aromatic nitrogens is 2. The molecule has 2 aromatic carbocycles. The van der Waals surface area contributed by atoms with Gasteiger partial charge in [-0.15, -0.1) is 0 Å².